The van der Waals surface area contributed by atoms with E-state index in [1.807, 2.05) is 11.8 Å². The zero-order valence-corrected chi connectivity index (χ0v) is 6.04. The quantitative estimate of drug-likeness (QED) is 0.574. The molecule has 1 aliphatic rings. The fourth-order valence-electron chi connectivity index (χ4n) is 0.665. The van der Waals surface area contributed by atoms with Crippen molar-refractivity contribution in [1.82, 2.24) is 0 Å². The van der Waals surface area contributed by atoms with Crippen LogP contribution in [0.15, 0.2) is 0 Å². The van der Waals surface area contributed by atoms with E-state index in [9.17, 15) is 0 Å². The standard InChI is InChI=1S/C6H12OS/c1-2-8-5-6-3-7-4-6/h6H,2-5H2,1H3. The Bertz CT molecular complexity index is 61.5. The van der Waals surface area contributed by atoms with Gasteiger partial charge in [-0.05, 0) is 5.75 Å². The summed E-state index contributed by atoms with van der Waals surface area (Å²) in [6.45, 7) is 4.21. The lowest BCUT2D eigenvalue weighted by Crippen LogP contribution is -2.29. The molecule has 0 amide bonds. The first-order chi connectivity index (χ1) is 3.93. The first kappa shape index (κ1) is 6.43. The van der Waals surface area contributed by atoms with Gasteiger partial charge in [-0.1, -0.05) is 6.92 Å². The monoisotopic (exact) mass is 132 g/mol. The lowest BCUT2D eigenvalue weighted by molar-refractivity contribution is -0.0196. The van der Waals surface area contributed by atoms with Gasteiger partial charge < -0.3 is 4.74 Å². The smallest absolute Gasteiger partial charge is 0.0524 e. The Balaban J connectivity index is 1.86. The van der Waals surface area contributed by atoms with Crippen molar-refractivity contribution in [3.63, 3.8) is 0 Å². The molecule has 2 heteroatoms. The van der Waals surface area contributed by atoms with Gasteiger partial charge in [-0.2, -0.15) is 11.8 Å². The van der Waals surface area contributed by atoms with Crippen molar-refractivity contribution < 1.29 is 4.74 Å². The summed E-state index contributed by atoms with van der Waals surface area (Å²) in [5.41, 5.74) is 0. The van der Waals surface area contributed by atoms with Crippen LogP contribution in [0.3, 0.4) is 0 Å². The SMILES string of the molecule is CCSCC1COC1. The molecule has 1 nitrogen and oxygen atoms in total. The van der Waals surface area contributed by atoms with Crippen LogP contribution in [-0.2, 0) is 4.74 Å². The van der Waals surface area contributed by atoms with E-state index in [2.05, 4.69) is 6.92 Å². The van der Waals surface area contributed by atoms with Crippen LogP contribution in [0, 0.1) is 5.92 Å². The van der Waals surface area contributed by atoms with Crippen molar-refractivity contribution in [1.29, 1.82) is 0 Å². The van der Waals surface area contributed by atoms with Crippen LogP contribution in [0.5, 0.6) is 0 Å². The molecule has 0 spiro atoms. The van der Waals surface area contributed by atoms with Crippen molar-refractivity contribution in [3.8, 4) is 0 Å². The Labute approximate surface area is 54.8 Å². The molecule has 1 aliphatic heterocycles. The van der Waals surface area contributed by atoms with E-state index < -0.39 is 0 Å². The molecule has 0 unspecified atom stereocenters. The summed E-state index contributed by atoms with van der Waals surface area (Å²) in [6, 6.07) is 0. The predicted octanol–water partition coefficient (Wildman–Crippen LogP) is 1.39. The minimum atomic E-state index is 0.875. The fourth-order valence-corrected chi connectivity index (χ4v) is 1.43. The highest BCUT2D eigenvalue weighted by molar-refractivity contribution is 7.99. The third-order valence-corrected chi connectivity index (χ3v) is 2.38. The Morgan fingerprint density at radius 2 is 2.38 bits per heavy atom. The number of ether oxygens (including phenoxy) is 1. The second kappa shape index (κ2) is 3.36. The summed E-state index contributed by atoms with van der Waals surface area (Å²) in [6.07, 6.45) is 0. The minimum absolute atomic E-state index is 0.875. The van der Waals surface area contributed by atoms with Crippen LogP contribution in [0.25, 0.3) is 0 Å². The van der Waals surface area contributed by atoms with Gasteiger partial charge in [0.2, 0.25) is 0 Å². The molecule has 0 aromatic heterocycles. The second-order valence-electron chi connectivity index (χ2n) is 2.06. The summed E-state index contributed by atoms with van der Waals surface area (Å²) in [5, 5.41) is 0. The zero-order chi connectivity index (χ0) is 5.82. The van der Waals surface area contributed by atoms with Gasteiger partial charge in [-0.15, -0.1) is 0 Å². The molecule has 1 rings (SSSR count). The maximum absolute atomic E-state index is 5.02. The summed E-state index contributed by atoms with van der Waals surface area (Å²) in [5.74, 6) is 3.42. The number of hydrogen-bond donors (Lipinski definition) is 0. The van der Waals surface area contributed by atoms with Crippen LogP contribution in [0.4, 0.5) is 0 Å². The molecule has 0 bridgehead atoms. The third kappa shape index (κ3) is 1.67. The van der Waals surface area contributed by atoms with Crippen molar-refractivity contribution >= 4 is 11.8 Å². The highest BCUT2D eigenvalue weighted by Gasteiger charge is 2.16. The molecule has 0 aromatic rings. The summed E-state index contributed by atoms with van der Waals surface area (Å²) in [7, 11) is 0. The van der Waals surface area contributed by atoms with Gasteiger partial charge in [0.1, 0.15) is 0 Å². The number of rotatable bonds is 3. The summed E-state index contributed by atoms with van der Waals surface area (Å²) < 4.78 is 5.02. The predicted molar refractivity (Wildman–Crippen MR) is 37.3 cm³/mol. The molecule has 1 fully saturated rings. The topological polar surface area (TPSA) is 9.23 Å². The Kier molecular flexibility index (Phi) is 2.70. The van der Waals surface area contributed by atoms with Gasteiger partial charge in [-0.25, -0.2) is 0 Å². The summed E-state index contributed by atoms with van der Waals surface area (Å²) >= 11 is 2.01. The van der Waals surface area contributed by atoms with Crippen LogP contribution in [0.1, 0.15) is 6.92 Å². The average molecular weight is 132 g/mol. The molecule has 0 aliphatic carbocycles. The van der Waals surface area contributed by atoms with E-state index in [-0.39, 0.29) is 0 Å². The van der Waals surface area contributed by atoms with Crippen LogP contribution < -0.4 is 0 Å². The number of thioether (sulfide) groups is 1. The van der Waals surface area contributed by atoms with E-state index >= 15 is 0 Å². The van der Waals surface area contributed by atoms with E-state index in [4.69, 9.17) is 4.74 Å². The third-order valence-electron chi connectivity index (χ3n) is 1.26. The van der Waals surface area contributed by atoms with Gasteiger partial charge in [-0.3, -0.25) is 0 Å². The van der Waals surface area contributed by atoms with Crippen molar-refractivity contribution in [2.24, 2.45) is 5.92 Å². The molecular weight excluding hydrogens is 120 g/mol. The largest absolute Gasteiger partial charge is 0.381 e. The lowest BCUT2D eigenvalue weighted by Gasteiger charge is -2.24. The zero-order valence-electron chi connectivity index (χ0n) is 5.22. The second-order valence-corrected chi connectivity index (χ2v) is 3.38. The van der Waals surface area contributed by atoms with Crippen LogP contribution in [0.2, 0.25) is 0 Å². The highest BCUT2D eigenvalue weighted by atomic mass is 32.2. The van der Waals surface area contributed by atoms with Gasteiger partial charge in [0.05, 0.1) is 13.2 Å². The molecule has 1 saturated heterocycles. The molecule has 0 radical (unpaired) electrons. The first-order valence-electron chi connectivity index (χ1n) is 3.09. The lowest BCUT2D eigenvalue weighted by atomic mass is 10.1. The van der Waals surface area contributed by atoms with E-state index in [0.717, 1.165) is 19.1 Å². The Morgan fingerprint density at radius 1 is 1.62 bits per heavy atom. The minimum Gasteiger partial charge on any atom is -0.381 e. The van der Waals surface area contributed by atoms with Gasteiger partial charge in [0.25, 0.3) is 0 Å². The first-order valence-corrected chi connectivity index (χ1v) is 4.24. The fraction of sp³-hybridized carbons (Fsp3) is 1.00. The molecule has 48 valence electrons. The molecule has 1 heterocycles. The van der Waals surface area contributed by atoms with Crippen LogP contribution in [-0.4, -0.2) is 24.7 Å². The van der Waals surface area contributed by atoms with Gasteiger partial charge in [0.15, 0.2) is 0 Å². The highest BCUT2D eigenvalue weighted by Crippen LogP contribution is 2.15. The molecule has 0 aromatic carbocycles. The Morgan fingerprint density at radius 3 is 2.75 bits per heavy atom. The van der Waals surface area contributed by atoms with Gasteiger partial charge >= 0.3 is 0 Å². The van der Waals surface area contributed by atoms with Gasteiger partial charge in [0, 0.05) is 11.7 Å². The normalized spacial score (nSPS) is 20.6. The van der Waals surface area contributed by atoms with Crippen molar-refractivity contribution in [2.75, 3.05) is 24.7 Å². The molecular formula is C6H12OS. The van der Waals surface area contributed by atoms with Crippen LogP contribution >= 0.6 is 11.8 Å². The maximum atomic E-state index is 5.02. The number of hydrogen-bond acceptors (Lipinski definition) is 2. The molecule has 0 N–H and O–H groups in total. The average Bonchev–Trinajstić information content (AvgIpc) is 1.63. The van der Waals surface area contributed by atoms with Crippen molar-refractivity contribution in [2.45, 2.75) is 6.92 Å². The summed E-state index contributed by atoms with van der Waals surface area (Å²) in [4.78, 5) is 0. The molecule has 0 saturated carbocycles. The van der Waals surface area contributed by atoms with E-state index in [0.29, 0.717) is 0 Å². The maximum Gasteiger partial charge on any atom is 0.0524 e. The molecule has 8 heavy (non-hydrogen) atoms. The van der Waals surface area contributed by atoms with Crippen molar-refractivity contribution in [3.05, 3.63) is 0 Å². The Hall–Kier alpha value is 0.310. The van der Waals surface area contributed by atoms with E-state index in [1.165, 1.54) is 11.5 Å². The van der Waals surface area contributed by atoms with E-state index in [1.54, 1.807) is 0 Å². The molecule has 0 atom stereocenters.